The van der Waals surface area contributed by atoms with E-state index in [4.69, 9.17) is 5.26 Å². The molecule has 80 valence electrons. The molecule has 0 fully saturated rings. The maximum Gasteiger partial charge on any atom is 0.0621 e. The fourth-order valence-corrected chi connectivity index (χ4v) is 1.48. The van der Waals surface area contributed by atoms with Gasteiger partial charge in [0.15, 0.2) is 0 Å². The van der Waals surface area contributed by atoms with E-state index in [1.165, 1.54) is 11.3 Å². The summed E-state index contributed by atoms with van der Waals surface area (Å²) in [5.74, 6) is 0. The third-order valence-electron chi connectivity index (χ3n) is 2.51. The SMILES string of the molecule is Cc1ccc(N(C)CCCCC#N)cc1. The zero-order valence-electron chi connectivity index (χ0n) is 9.53. The van der Waals surface area contributed by atoms with Crippen molar-refractivity contribution in [3.8, 4) is 6.07 Å². The van der Waals surface area contributed by atoms with Crippen molar-refractivity contribution in [3.05, 3.63) is 29.8 Å². The van der Waals surface area contributed by atoms with Crippen molar-refractivity contribution in [3.63, 3.8) is 0 Å². The Bertz CT molecular complexity index is 321. The Morgan fingerprint density at radius 3 is 2.47 bits per heavy atom. The molecule has 0 aliphatic rings. The van der Waals surface area contributed by atoms with Gasteiger partial charge in [-0.15, -0.1) is 0 Å². The third-order valence-corrected chi connectivity index (χ3v) is 2.51. The summed E-state index contributed by atoms with van der Waals surface area (Å²) in [5.41, 5.74) is 2.54. The summed E-state index contributed by atoms with van der Waals surface area (Å²) < 4.78 is 0. The van der Waals surface area contributed by atoms with Gasteiger partial charge in [0.05, 0.1) is 6.07 Å². The van der Waals surface area contributed by atoms with Crippen molar-refractivity contribution < 1.29 is 0 Å². The summed E-state index contributed by atoms with van der Waals surface area (Å²) in [7, 11) is 2.09. The lowest BCUT2D eigenvalue weighted by molar-refractivity contribution is 0.734. The van der Waals surface area contributed by atoms with E-state index >= 15 is 0 Å². The smallest absolute Gasteiger partial charge is 0.0621 e. The lowest BCUT2D eigenvalue weighted by Gasteiger charge is -2.19. The summed E-state index contributed by atoms with van der Waals surface area (Å²) in [6.45, 7) is 3.11. The molecule has 0 radical (unpaired) electrons. The molecular formula is C13H18N2. The van der Waals surface area contributed by atoms with Crippen LogP contribution in [-0.4, -0.2) is 13.6 Å². The summed E-state index contributed by atoms with van der Waals surface area (Å²) >= 11 is 0. The van der Waals surface area contributed by atoms with Crippen LogP contribution < -0.4 is 4.90 Å². The Morgan fingerprint density at radius 1 is 1.20 bits per heavy atom. The summed E-state index contributed by atoms with van der Waals surface area (Å²) in [6.07, 6.45) is 2.74. The van der Waals surface area contributed by atoms with Crippen LogP contribution in [0.25, 0.3) is 0 Å². The minimum absolute atomic E-state index is 0.668. The van der Waals surface area contributed by atoms with Crippen LogP contribution in [0.4, 0.5) is 5.69 Å². The molecule has 0 unspecified atom stereocenters. The van der Waals surface area contributed by atoms with Crippen molar-refractivity contribution in [1.82, 2.24) is 0 Å². The maximum absolute atomic E-state index is 8.42. The van der Waals surface area contributed by atoms with Gasteiger partial charge < -0.3 is 4.90 Å². The van der Waals surface area contributed by atoms with Crippen molar-refractivity contribution >= 4 is 5.69 Å². The maximum atomic E-state index is 8.42. The first-order chi connectivity index (χ1) is 7.24. The monoisotopic (exact) mass is 202 g/mol. The average molecular weight is 202 g/mol. The van der Waals surface area contributed by atoms with Gasteiger partial charge in [0.2, 0.25) is 0 Å². The zero-order valence-corrected chi connectivity index (χ0v) is 9.53. The average Bonchev–Trinajstić information content (AvgIpc) is 2.25. The molecule has 0 spiro atoms. The lowest BCUT2D eigenvalue weighted by Crippen LogP contribution is -2.18. The molecule has 0 aromatic heterocycles. The van der Waals surface area contributed by atoms with Gasteiger partial charge in [0.25, 0.3) is 0 Å². The van der Waals surface area contributed by atoms with Gasteiger partial charge in [-0.3, -0.25) is 0 Å². The van der Waals surface area contributed by atoms with Crippen LogP contribution in [0.2, 0.25) is 0 Å². The van der Waals surface area contributed by atoms with Crippen molar-refractivity contribution in [2.45, 2.75) is 26.2 Å². The fraction of sp³-hybridized carbons (Fsp3) is 0.462. The van der Waals surface area contributed by atoms with E-state index in [1.54, 1.807) is 0 Å². The van der Waals surface area contributed by atoms with Gasteiger partial charge in [-0.25, -0.2) is 0 Å². The van der Waals surface area contributed by atoms with Gasteiger partial charge in [0.1, 0.15) is 0 Å². The van der Waals surface area contributed by atoms with E-state index < -0.39 is 0 Å². The second-order valence-electron chi connectivity index (χ2n) is 3.87. The Labute approximate surface area is 92.1 Å². The van der Waals surface area contributed by atoms with Crippen LogP contribution in [0.5, 0.6) is 0 Å². The molecule has 2 heteroatoms. The lowest BCUT2D eigenvalue weighted by atomic mass is 10.2. The molecule has 1 aromatic rings. The van der Waals surface area contributed by atoms with E-state index in [-0.39, 0.29) is 0 Å². The molecule has 1 rings (SSSR count). The van der Waals surface area contributed by atoms with Gasteiger partial charge in [-0.05, 0) is 31.9 Å². The Hall–Kier alpha value is -1.49. The van der Waals surface area contributed by atoms with Gasteiger partial charge in [-0.1, -0.05) is 17.7 Å². The first-order valence-corrected chi connectivity index (χ1v) is 5.39. The number of nitriles is 1. The van der Waals surface area contributed by atoms with Crippen LogP contribution in [0.15, 0.2) is 24.3 Å². The van der Waals surface area contributed by atoms with E-state index in [9.17, 15) is 0 Å². The highest BCUT2D eigenvalue weighted by atomic mass is 15.1. The van der Waals surface area contributed by atoms with Gasteiger partial charge in [-0.2, -0.15) is 5.26 Å². The zero-order chi connectivity index (χ0) is 11.1. The minimum Gasteiger partial charge on any atom is -0.375 e. The molecule has 0 aliphatic heterocycles. The number of unbranched alkanes of at least 4 members (excludes halogenated alkanes) is 2. The second kappa shape index (κ2) is 6.08. The van der Waals surface area contributed by atoms with Crippen molar-refractivity contribution in [1.29, 1.82) is 5.26 Å². The molecule has 0 amide bonds. The van der Waals surface area contributed by atoms with E-state index in [1.807, 2.05) is 0 Å². The minimum atomic E-state index is 0.668. The highest BCUT2D eigenvalue weighted by Crippen LogP contribution is 2.13. The van der Waals surface area contributed by atoms with Crippen molar-refractivity contribution in [2.75, 3.05) is 18.5 Å². The molecular weight excluding hydrogens is 184 g/mol. The quantitative estimate of drug-likeness (QED) is 0.686. The molecule has 2 nitrogen and oxygen atoms in total. The summed E-state index contributed by atoms with van der Waals surface area (Å²) in [6, 6.07) is 10.7. The molecule has 0 atom stereocenters. The Morgan fingerprint density at radius 2 is 1.87 bits per heavy atom. The first kappa shape index (κ1) is 11.6. The van der Waals surface area contributed by atoms with Crippen molar-refractivity contribution in [2.24, 2.45) is 0 Å². The molecule has 0 N–H and O–H groups in total. The largest absolute Gasteiger partial charge is 0.375 e. The number of aryl methyl sites for hydroxylation is 1. The second-order valence-corrected chi connectivity index (χ2v) is 3.87. The van der Waals surface area contributed by atoms with Gasteiger partial charge in [0, 0.05) is 25.7 Å². The first-order valence-electron chi connectivity index (χ1n) is 5.39. The van der Waals surface area contributed by atoms with Crippen LogP contribution in [0.3, 0.4) is 0 Å². The van der Waals surface area contributed by atoms with Crippen LogP contribution in [0, 0.1) is 18.3 Å². The van der Waals surface area contributed by atoms with E-state index in [0.717, 1.165) is 19.4 Å². The standard InChI is InChI=1S/C13H18N2/c1-12-6-8-13(9-7-12)15(2)11-5-3-4-10-14/h6-9H,3-5,11H2,1-2H3. The predicted molar refractivity (Wildman–Crippen MR) is 63.9 cm³/mol. The highest BCUT2D eigenvalue weighted by molar-refractivity contribution is 5.46. The number of rotatable bonds is 5. The topological polar surface area (TPSA) is 27.0 Å². The predicted octanol–water partition coefficient (Wildman–Crippen LogP) is 3.13. The van der Waals surface area contributed by atoms with Crippen LogP contribution in [0.1, 0.15) is 24.8 Å². The molecule has 0 aliphatic carbocycles. The normalized spacial score (nSPS) is 9.67. The molecule has 1 aromatic carbocycles. The molecule has 15 heavy (non-hydrogen) atoms. The van der Waals surface area contributed by atoms with E-state index in [0.29, 0.717) is 6.42 Å². The van der Waals surface area contributed by atoms with Crippen LogP contribution in [-0.2, 0) is 0 Å². The molecule has 0 heterocycles. The number of nitrogens with zero attached hydrogens (tertiary/aromatic N) is 2. The molecule has 0 saturated carbocycles. The summed E-state index contributed by atoms with van der Waals surface area (Å²) in [5, 5.41) is 8.42. The van der Waals surface area contributed by atoms with Gasteiger partial charge >= 0.3 is 0 Å². The van der Waals surface area contributed by atoms with Crippen LogP contribution >= 0.6 is 0 Å². The number of benzene rings is 1. The number of hydrogen-bond acceptors (Lipinski definition) is 2. The molecule has 0 bridgehead atoms. The number of anilines is 1. The fourth-order valence-electron chi connectivity index (χ4n) is 1.48. The molecule has 0 saturated heterocycles. The summed E-state index contributed by atoms with van der Waals surface area (Å²) in [4.78, 5) is 2.23. The Kier molecular flexibility index (Phi) is 4.70. The Balaban J connectivity index is 2.37. The third kappa shape index (κ3) is 4.03. The highest BCUT2D eigenvalue weighted by Gasteiger charge is 1.99. The number of hydrogen-bond donors (Lipinski definition) is 0. The van der Waals surface area contributed by atoms with E-state index in [2.05, 4.69) is 49.2 Å².